The Labute approximate surface area is 204 Å². The van der Waals surface area contributed by atoms with Gasteiger partial charge in [-0.05, 0) is 36.3 Å². The van der Waals surface area contributed by atoms with Crippen LogP contribution in [-0.2, 0) is 31.0 Å². The maximum Gasteiger partial charge on any atom is 0.269 e. The number of hydrogen-bond acceptors (Lipinski definition) is 7. The lowest BCUT2D eigenvalue weighted by atomic mass is 9.87. The van der Waals surface area contributed by atoms with Gasteiger partial charge in [0.25, 0.3) is 15.9 Å². The molecule has 1 amide bonds. The van der Waals surface area contributed by atoms with Gasteiger partial charge in [-0.2, -0.15) is 4.31 Å². The summed E-state index contributed by atoms with van der Waals surface area (Å²) >= 11 is 1.22. The van der Waals surface area contributed by atoms with Crippen molar-refractivity contribution in [3.8, 4) is 0 Å². The van der Waals surface area contributed by atoms with Gasteiger partial charge in [0.2, 0.25) is 0 Å². The van der Waals surface area contributed by atoms with E-state index in [9.17, 15) is 13.2 Å². The lowest BCUT2D eigenvalue weighted by Crippen LogP contribution is -2.48. The van der Waals surface area contributed by atoms with Crippen LogP contribution in [0.25, 0.3) is 0 Å². The van der Waals surface area contributed by atoms with Crippen LogP contribution in [0.5, 0.6) is 0 Å². The zero-order valence-electron chi connectivity index (χ0n) is 18.9. The molecule has 0 bridgehead atoms. The summed E-state index contributed by atoms with van der Waals surface area (Å²) in [5.41, 5.74) is 0.887. The van der Waals surface area contributed by atoms with Gasteiger partial charge < -0.3 is 14.9 Å². The predicted octanol–water partition coefficient (Wildman–Crippen LogP) is 3.30. The van der Waals surface area contributed by atoms with Crippen molar-refractivity contribution in [1.29, 1.82) is 0 Å². The second-order valence-corrected chi connectivity index (χ2v) is 12.3. The number of rotatable bonds is 7. The molecule has 2 aromatic rings. The fraction of sp³-hybridized carbons (Fsp3) is 0.500. The predicted molar refractivity (Wildman–Crippen MR) is 129 cm³/mol. The summed E-state index contributed by atoms with van der Waals surface area (Å²) in [7, 11) is -3.48. The molecule has 2 unspecified atom stereocenters. The highest BCUT2D eigenvalue weighted by Gasteiger charge is 2.46. The molecule has 1 saturated heterocycles. The highest BCUT2D eigenvalue weighted by atomic mass is 32.2. The van der Waals surface area contributed by atoms with Crippen molar-refractivity contribution in [2.75, 3.05) is 13.1 Å². The van der Waals surface area contributed by atoms with Gasteiger partial charge in [-0.1, -0.05) is 41.6 Å². The van der Waals surface area contributed by atoms with Gasteiger partial charge in [0.1, 0.15) is 15.5 Å². The minimum Gasteiger partial charge on any atom is -0.388 e. The first-order valence-corrected chi connectivity index (χ1v) is 14.0. The third-order valence-corrected chi connectivity index (χ3v) is 10.2. The van der Waals surface area contributed by atoms with E-state index in [4.69, 9.17) is 9.57 Å². The molecule has 8 nitrogen and oxygen atoms in total. The zero-order chi connectivity index (χ0) is 23.6. The first-order chi connectivity index (χ1) is 16.5. The summed E-state index contributed by atoms with van der Waals surface area (Å²) in [5.74, 6) is -0.217. The molecular weight excluding hydrogens is 474 g/mol. The molecule has 3 heterocycles. The lowest BCUT2D eigenvalue weighted by Gasteiger charge is -2.36. The molecule has 1 aromatic carbocycles. The number of carbonyl (C=O) groups is 1. The first kappa shape index (κ1) is 23.5. The molecule has 1 spiro atoms. The van der Waals surface area contributed by atoms with Gasteiger partial charge in [-0.3, -0.25) is 4.79 Å². The Hall–Kier alpha value is -2.27. The van der Waals surface area contributed by atoms with E-state index in [0.717, 1.165) is 24.8 Å². The van der Waals surface area contributed by atoms with Gasteiger partial charge >= 0.3 is 0 Å². The molecule has 1 saturated carbocycles. The van der Waals surface area contributed by atoms with Crippen LogP contribution in [0, 0.1) is 0 Å². The summed E-state index contributed by atoms with van der Waals surface area (Å²) in [4.78, 5) is 18.7. The maximum absolute atomic E-state index is 12.9. The Morgan fingerprint density at radius 3 is 2.71 bits per heavy atom. The highest BCUT2D eigenvalue weighted by Crippen LogP contribution is 2.37. The molecule has 1 aliphatic carbocycles. The summed E-state index contributed by atoms with van der Waals surface area (Å²) in [6, 6.07) is 13.3. The number of hydrogen-bond donors (Lipinski definition) is 1. The van der Waals surface area contributed by atoms with Gasteiger partial charge in [-0.15, -0.1) is 11.3 Å². The largest absolute Gasteiger partial charge is 0.388 e. The third-order valence-electron chi connectivity index (χ3n) is 6.90. The fourth-order valence-corrected chi connectivity index (χ4v) is 7.49. The van der Waals surface area contributed by atoms with Crippen molar-refractivity contribution < 1.29 is 22.8 Å². The molecule has 182 valence electrons. The Morgan fingerprint density at radius 2 is 1.97 bits per heavy atom. The number of oxime groups is 1. The SMILES string of the molecule is O=C(NC1CCCC1OCc1ccccc1)C1=NOC2(CCN(S(=O)(=O)c3cccs3)CC2)C1. The lowest BCUT2D eigenvalue weighted by molar-refractivity contribution is -0.116. The number of benzene rings is 1. The average Bonchev–Trinajstić information content (AvgIpc) is 3.61. The number of sulfonamides is 1. The summed E-state index contributed by atoms with van der Waals surface area (Å²) in [5, 5.41) is 8.97. The van der Waals surface area contributed by atoms with Crippen LogP contribution in [0.1, 0.15) is 44.1 Å². The van der Waals surface area contributed by atoms with Crippen LogP contribution in [-0.4, -0.2) is 55.2 Å². The van der Waals surface area contributed by atoms with Crippen LogP contribution in [0.2, 0.25) is 0 Å². The standard InChI is InChI=1S/C24H29N3O5S2/c28-23(25-19-8-4-9-21(19)31-17-18-6-2-1-3-7-18)20-16-24(32-26-20)11-13-27(14-12-24)34(29,30)22-10-5-15-33-22/h1-3,5-7,10,15,19,21H,4,8-9,11-14,16-17H2,(H,25,28). The summed E-state index contributed by atoms with van der Waals surface area (Å²) in [6.45, 7) is 1.22. The van der Waals surface area contributed by atoms with E-state index < -0.39 is 15.6 Å². The number of piperidine rings is 1. The van der Waals surface area contributed by atoms with Crippen molar-refractivity contribution in [3.05, 3.63) is 53.4 Å². The van der Waals surface area contributed by atoms with Crippen LogP contribution in [0.4, 0.5) is 0 Å². The molecule has 2 aliphatic heterocycles. The van der Waals surface area contributed by atoms with Crippen LogP contribution in [0.3, 0.4) is 0 Å². The monoisotopic (exact) mass is 503 g/mol. The smallest absolute Gasteiger partial charge is 0.269 e. The number of nitrogens with zero attached hydrogens (tertiary/aromatic N) is 2. The van der Waals surface area contributed by atoms with E-state index >= 15 is 0 Å². The summed E-state index contributed by atoms with van der Waals surface area (Å²) in [6.07, 6.45) is 4.18. The molecule has 5 rings (SSSR count). The Bertz CT molecular complexity index is 1130. The van der Waals surface area contributed by atoms with Crippen molar-refractivity contribution in [1.82, 2.24) is 9.62 Å². The minimum atomic E-state index is -3.48. The molecule has 0 radical (unpaired) electrons. The zero-order valence-corrected chi connectivity index (χ0v) is 20.5. The van der Waals surface area contributed by atoms with Gasteiger partial charge in [0, 0.05) is 32.4 Å². The van der Waals surface area contributed by atoms with Gasteiger partial charge in [0.15, 0.2) is 0 Å². The molecule has 34 heavy (non-hydrogen) atoms. The van der Waals surface area contributed by atoms with Crippen molar-refractivity contribution in [2.45, 2.75) is 67.1 Å². The van der Waals surface area contributed by atoms with Crippen LogP contribution < -0.4 is 5.32 Å². The normalized spacial score (nSPS) is 24.6. The van der Waals surface area contributed by atoms with Gasteiger partial charge in [0.05, 0.1) is 18.8 Å². The summed E-state index contributed by atoms with van der Waals surface area (Å²) < 4.78 is 33.5. The number of ether oxygens (including phenoxy) is 1. The average molecular weight is 504 g/mol. The molecule has 1 aromatic heterocycles. The second kappa shape index (κ2) is 9.77. The second-order valence-electron chi connectivity index (χ2n) is 9.17. The maximum atomic E-state index is 12.9. The number of carbonyl (C=O) groups excluding carboxylic acids is 1. The van der Waals surface area contributed by atoms with Crippen LogP contribution in [0.15, 0.2) is 57.2 Å². The molecule has 2 fully saturated rings. The molecule has 3 aliphatic rings. The van der Waals surface area contributed by atoms with Gasteiger partial charge in [-0.25, -0.2) is 8.42 Å². The van der Waals surface area contributed by atoms with Crippen molar-refractivity contribution in [3.63, 3.8) is 0 Å². The molecular formula is C24H29N3O5S2. The Kier molecular flexibility index (Phi) is 6.74. The third kappa shape index (κ3) is 4.91. The molecule has 10 heteroatoms. The topological polar surface area (TPSA) is 97.3 Å². The molecule has 1 N–H and O–H groups in total. The Balaban J connectivity index is 1.13. The van der Waals surface area contributed by atoms with E-state index in [2.05, 4.69) is 10.5 Å². The number of amides is 1. The number of thiophene rings is 1. The van der Waals surface area contributed by atoms with Crippen molar-refractivity contribution >= 4 is 33.0 Å². The van der Waals surface area contributed by atoms with E-state index in [0.29, 0.717) is 48.9 Å². The minimum absolute atomic E-state index is 0.0215. The Morgan fingerprint density at radius 1 is 1.18 bits per heavy atom. The van der Waals surface area contributed by atoms with Crippen LogP contribution >= 0.6 is 11.3 Å². The highest BCUT2D eigenvalue weighted by molar-refractivity contribution is 7.91. The van der Waals surface area contributed by atoms with E-state index in [-0.39, 0.29) is 18.1 Å². The van der Waals surface area contributed by atoms with E-state index in [1.165, 1.54) is 15.6 Å². The van der Waals surface area contributed by atoms with E-state index in [1.807, 2.05) is 30.3 Å². The fourth-order valence-electron chi connectivity index (χ4n) is 4.90. The first-order valence-electron chi connectivity index (χ1n) is 11.7. The molecule has 2 atom stereocenters. The van der Waals surface area contributed by atoms with E-state index in [1.54, 1.807) is 17.5 Å². The van der Waals surface area contributed by atoms with Crippen molar-refractivity contribution in [2.24, 2.45) is 5.16 Å². The quantitative estimate of drug-likeness (QED) is 0.625. The number of nitrogens with one attached hydrogen (secondary N) is 1.